The molecule has 2 atom stereocenters. The molecule has 2 aromatic carbocycles. The average molecular weight is 393 g/mol. The van der Waals surface area contributed by atoms with Crippen molar-refractivity contribution >= 4 is 22.6 Å². The lowest BCUT2D eigenvalue weighted by Gasteiger charge is -2.20. The number of nitrogens with one attached hydrogen (secondary N) is 1. The van der Waals surface area contributed by atoms with Crippen molar-refractivity contribution in [1.82, 2.24) is 15.1 Å². The molecule has 3 rings (SSSR count). The molecule has 7 heteroatoms. The summed E-state index contributed by atoms with van der Waals surface area (Å²) in [5.41, 5.74) is 0.978. The van der Waals surface area contributed by atoms with Crippen molar-refractivity contribution in [3.63, 3.8) is 0 Å². The third-order valence-corrected chi connectivity index (χ3v) is 5.02. The Labute approximate surface area is 168 Å². The van der Waals surface area contributed by atoms with Crippen LogP contribution in [0.3, 0.4) is 0 Å². The van der Waals surface area contributed by atoms with Gasteiger partial charge in [0.1, 0.15) is 12.6 Å². The number of benzene rings is 2. The summed E-state index contributed by atoms with van der Waals surface area (Å²) in [4.78, 5) is 36.0. The van der Waals surface area contributed by atoms with Crippen LogP contribution in [0.5, 0.6) is 0 Å². The molecule has 150 valence electrons. The quantitative estimate of drug-likeness (QED) is 0.643. The van der Waals surface area contributed by atoms with Crippen molar-refractivity contribution < 1.29 is 14.7 Å². The van der Waals surface area contributed by atoms with Gasteiger partial charge in [0.2, 0.25) is 5.91 Å². The van der Waals surface area contributed by atoms with Gasteiger partial charge in [0.05, 0.1) is 5.69 Å². The van der Waals surface area contributed by atoms with Crippen molar-refractivity contribution in [3.8, 4) is 11.3 Å². The molecule has 0 aliphatic heterocycles. The number of aromatic nitrogens is 2. The summed E-state index contributed by atoms with van der Waals surface area (Å²) in [5, 5.41) is 18.2. The van der Waals surface area contributed by atoms with Gasteiger partial charge in [-0.05, 0) is 22.8 Å². The monoisotopic (exact) mass is 393 g/mol. The second-order valence-electron chi connectivity index (χ2n) is 7.01. The number of carboxylic acids is 1. The van der Waals surface area contributed by atoms with Crippen LogP contribution in [0.4, 0.5) is 0 Å². The van der Waals surface area contributed by atoms with Crippen LogP contribution in [0.25, 0.3) is 22.0 Å². The Kier molecular flexibility index (Phi) is 6.07. The summed E-state index contributed by atoms with van der Waals surface area (Å²) in [5.74, 6) is -1.90. The maximum atomic E-state index is 12.4. The Morgan fingerprint density at radius 1 is 1.10 bits per heavy atom. The van der Waals surface area contributed by atoms with Crippen LogP contribution >= 0.6 is 0 Å². The molecule has 0 radical (unpaired) electrons. The topological polar surface area (TPSA) is 101 Å². The molecular weight excluding hydrogens is 370 g/mol. The average Bonchev–Trinajstić information content (AvgIpc) is 2.72. The zero-order valence-corrected chi connectivity index (χ0v) is 16.3. The summed E-state index contributed by atoms with van der Waals surface area (Å²) < 4.78 is 1.06. The highest BCUT2D eigenvalue weighted by Crippen LogP contribution is 2.26. The highest BCUT2D eigenvalue weighted by atomic mass is 16.4. The first kappa shape index (κ1) is 20.3. The van der Waals surface area contributed by atoms with Crippen LogP contribution in [0.2, 0.25) is 0 Å². The van der Waals surface area contributed by atoms with Crippen LogP contribution in [0.1, 0.15) is 20.3 Å². The number of nitrogens with zero attached hydrogens (tertiary/aromatic N) is 2. The maximum Gasteiger partial charge on any atom is 0.326 e. The molecule has 2 unspecified atom stereocenters. The molecule has 1 heterocycles. The summed E-state index contributed by atoms with van der Waals surface area (Å²) in [6.45, 7) is 3.26. The number of fused-ring (bicyclic) bond motifs is 1. The largest absolute Gasteiger partial charge is 0.480 e. The SMILES string of the molecule is CCC(C)C(NC(=O)Cn1nc(-c2cccc3ccccc23)ccc1=O)C(=O)O. The number of carbonyl (C=O) groups excluding carboxylic acids is 1. The Morgan fingerprint density at radius 2 is 1.83 bits per heavy atom. The van der Waals surface area contributed by atoms with Crippen molar-refractivity contribution in [2.24, 2.45) is 5.92 Å². The minimum atomic E-state index is -1.10. The molecule has 7 nitrogen and oxygen atoms in total. The number of hydrogen-bond donors (Lipinski definition) is 2. The molecular formula is C22H23N3O4. The van der Waals surface area contributed by atoms with Crippen LogP contribution in [-0.4, -0.2) is 32.8 Å². The zero-order chi connectivity index (χ0) is 21.0. The molecule has 0 fully saturated rings. The Hall–Kier alpha value is -3.48. The summed E-state index contributed by atoms with van der Waals surface area (Å²) >= 11 is 0. The number of rotatable bonds is 7. The van der Waals surface area contributed by atoms with E-state index < -0.39 is 23.5 Å². The molecule has 0 saturated heterocycles. The van der Waals surface area contributed by atoms with Gasteiger partial charge >= 0.3 is 5.97 Å². The summed E-state index contributed by atoms with van der Waals surface area (Å²) in [6.07, 6.45) is 0.603. The fourth-order valence-electron chi connectivity index (χ4n) is 3.19. The predicted octanol–water partition coefficient (Wildman–Crippen LogP) is 2.68. The van der Waals surface area contributed by atoms with Gasteiger partial charge in [0.15, 0.2) is 0 Å². The first-order valence-electron chi connectivity index (χ1n) is 9.49. The number of carbonyl (C=O) groups is 2. The van der Waals surface area contributed by atoms with Crippen LogP contribution < -0.4 is 10.9 Å². The normalized spacial score (nSPS) is 13.0. The maximum absolute atomic E-state index is 12.4. The van der Waals surface area contributed by atoms with Gasteiger partial charge in [0.25, 0.3) is 5.56 Å². The fraction of sp³-hybridized carbons (Fsp3) is 0.273. The Morgan fingerprint density at radius 3 is 2.55 bits per heavy atom. The lowest BCUT2D eigenvalue weighted by atomic mass is 9.99. The van der Waals surface area contributed by atoms with Crippen molar-refractivity contribution in [1.29, 1.82) is 0 Å². The van der Waals surface area contributed by atoms with Gasteiger partial charge in [-0.3, -0.25) is 9.59 Å². The molecule has 1 aromatic heterocycles. The van der Waals surface area contributed by atoms with Crippen LogP contribution in [0, 0.1) is 5.92 Å². The Bertz CT molecular complexity index is 1100. The van der Waals surface area contributed by atoms with Gasteiger partial charge in [-0.1, -0.05) is 62.7 Å². The molecule has 0 aliphatic rings. The molecule has 0 saturated carbocycles. The number of hydrogen-bond acceptors (Lipinski definition) is 4. The highest BCUT2D eigenvalue weighted by molar-refractivity contribution is 5.95. The first-order chi connectivity index (χ1) is 13.9. The van der Waals surface area contributed by atoms with E-state index in [1.54, 1.807) is 13.0 Å². The van der Waals surface area contributed by atoms with E-state index in [0.29, 0.717) is 12.1 Å². The van der Waals surface area contributed by atoms with Gasteiger partial charge in [-0.15, -0.1) is 0 Å². The van der Waals surface area contributed by atoms with Crippen LogP contribution in [-0.2, 0) is 16.1 Å². The van der Waals surface area contributed by atoms with E-state index in [1.165, 1.54) is 6.07 Å². The number of carboxylic acid groups (broad SMARTS) is 1. The van der Waals surface area contributed by atoms with Crippen molar-refractivity contribution in [3.05, 3.63) is 65.0 Å². The lowest BCUT2D eigenvalue weighted by molar-refractivity contribution is -0.143. The van der Waals surface area contributed by atoms with E-state index in [-0.39, 0.29) is 12.5 Å². The van der Waals surface area contributed by atoms with E-state index >= 15 is 0 Å². The minimum Gasteiger partial charge on any atom is -0.480 e. The van der Waals surface area contributed by atoms with E-state index in [0.717, 1.165) is 21.0 Å². The zero-order valence-electron chi connectivity index (χ0n) is 16.3. The summed E-state index contributed by atoms with van der Waals surface area (Å²) in [6, 6.07) is 15.6. The van der Waals surface area contributed by atoms with Gasteiger partial charge in [-0.25, -0.2) is 9.48 Å². The smallest absolute Gasteiger partial charge is 0.326 e. The third-order valence-electron chi connectivity index (χ3n) is 5.02. The van der Waals surface area contributed by atoms with Crippen molar-refractivity contribution in [2.45, 2.75) is 32.9 Å². The second kappa shape index (κ2) is 8.68. The van der Waals surface area contributed by atoms with Gasteiger partial charge in [-0.2, -0.15) is 5.10 Å². The Balaban J connectivity index is 1.89. The molecule has 3 aromatic rings. The fourth-order valence-corrected chi connectivity index (χ4v) is 3.19. The summed E-state index contributed by atoms with van der Waals surface area (Å²) in [7, 11) is 0. The first-order valence-corrected chi connectivity index (χ1v) is 9.49. The standard InChI is InChI=1S/C22H23N3O4/c1-3-14(2)21(22(28)29)23-19(26)13-25-20(27)12-11-18(24-25)17-10-6-8-15-7-4-5-9-16(15)17/h4-12,14,21H,3,13H2,1-2H3,(H,23,26)(H,28,29). The second-order valence-corrected chi connectivity index (χ2v) is 7.01. The van der Waals surface area contributed by atoms with Gasteiger partial charge < -0.3 is 10.4 Å². The predicted molar refractivity (Wildman–Crippen MR) is 110 cm³/mol. The van der Waals surface area contributed by atoms with Gasteiger partial charge in [0, 0.05) is 11.6 Å². The molecule has 0 aliphatic carbocycles. The molecule has 29 heavy (non-hydrogen) atoms. The number of aliphatic carboxylic acids is 1. The van der Waals surface area contributed by atoms with Crippen molar-refractivity contribution in [2.75, 3.05) is 0 Å². The van der Waals surface area contributed by atoms with Crippen LogP contribution in [0.15, 0.2) is 59.4 Å². The van der Waals surface area contributed by atoms with E-state index in [4.69, 9.17) is 0 Å². The van der Waals surface area contributed by atoms with E-state index in [2.05, 4.69) is 10.4 Å². The van der Waals surface area contributed by atoms with E-state index in [1.807, 2.05) is 49.4 Å². The lowest BCUT2D eigenvalue weighted by Crippen LogP contribution is -2.47. The van der Waals surface area contributed by atoms with E-state index in [9.17, 15) is 19.5 Å². The molecule has 2 N–H and O–H groups in total. The highest BCUT2D eigenvalue weighted by Gasteiger charge is 2.25. The molecule has 0 bridgehead atoms. The third kappa shape index (κ3) is 4.51. The molecule has 1 amide bonds. The minimum absolute atomic E-state index is 0.233. The number of amides is 1. The molecule has 0 spiro atoms.